The highest BCUT2D eigenvalue weighted by molar-refractivity contribution is 6.42. The van der Waals surface area contributed by atoms with Gasteiger partial charge in [0.05, 0.1) is 53.6 Å². The van der Waals surface area contributed by atoms with Gasteiger partial charge in [-0.15, -0.1) is 0 Å². The Morgan fingerprint density at radius 1 is 1.21 bits per heavy atom. The molecule has 0 spiro atoms. The lowest BCUT2D eigenvalue weighted by Crippen LogP contribution is -3.13. The van der Waals surface area contributed by atoms with E-state index in [9.17, 15) is 15.8 Å². The summed E-state index contributed by atoms with van der Waals surface area (Å²) in [5.41, 5.74) is -0.303. The van der Waals surface area contributed by atoms with Crippen molar-refractivity contribution < 1.29 is 4.90 Å². The zero-order chi connectivity index (χ0) is 20.5. The van der Waals surface area contributed by atoms with E-state index in [0.717, 1.165) is 25.1 Å². The van der Waals surface area contributed by atoms with Crippen LogP contribution in [0.2, 0.25) is 10.0 Å². The average Bonchev–Trinajstić information content (AvgIpc) is 2.70. The number of fused-ring (bicyclic) bond motifs is 1. The molecule has 3 rings (SSSR count). The molecule has 0 amide bonds. The molecule has 5 nitrogen and oxygen atoms in total. The van der Waals surface area contributed by atoms with E-state index in [4.69, 9.17) is 28.6 Å². The number of halogens is 2. The number of quaternary nitrogens is 1. The Morgan fingerprint density at radius 3 is 2.50 bits per heavy atom. The summed E-state index contributed by atoms with van der Waals surface area (Å²) < 4.78 is 0. The van der Waals surface area contributed by atoms with E-state index in [2.05, 4.69) is 25.1 Å². The molecule has 28 heavy (non-hydrogen) atoms. The maximum absolute atomic E-state index is 10.0. The lowest BCUT2D eigenvalue weighted by molar-refractivity contribution is -0.899. The molecule has 1 heterocycles. The molecule has 2 unspecified atom stereocenters. The Labute approximate surface area is 174 Å². The standard InChI is InChI=1S/C21H19Cl2N5/c1-2-6-28-7-5-14-15(9-24)20(27)21(11-25,12-26)19(16(14)10-28)13-3-4-17(22)18(23)8-13/h3-5,8,15-16,19,27H,2,6-7,10H2,1H3/p+1/t15?,16-,19+/m1/s1. The van der Waals surface area contributed by atoms with E-state index in [1.165, 1.54) is 4.90 Å². The summed E-state index contributed by atoms with van der Waals surface area (Å²) in [5.74, 6) is -1.61. The molecule has 1 aromatic carbocycles. The van der Waals surface area contributed by atoms with Gasteiger partial charge < -0.3 is 10.3 Å². The summed E-state index contributed by atoms with van der Waals surface area (Å²) in [5, 5.41) is 39.1. The first-order chi connectivity index (χ1) is 13.4. The Kier molecular flexibility index (Phi) is 5.78. The van der Waals surface area contributed by atoms with Gasteiger partial charge in [0, 0.05) is 11.8 Å². The third kappa shape index (κ3) is 3.09. The molecule has 1 aliphatic carbocycles. The number of nitrogens with one attached hydrogen (secondary N) is 2. The lowest BCUT2D eigenvalue weighted by Gasteiger charge is -2.46. The summed E-state index contributed by atoms with van der Waals surface area (Å²) in [6.45, 7) is 4.58. The van der Waals surface area contributed by atoms with Gasteiger partial charge in [0.2, 0.25) is 0 Å². The van der Waals surface area contributed by atoms with Crippen molar-refractivity contribution in [3.63, 3.8) is 0 Å². The number of nitrogens with zero attached hydrogens (tertiary/aromatic N) is 3. The Hall–Kier alpha value is -2.36. The number of hydrogen-bond acceptors (Lipinski definition) is 4. The number of nitriles is 3. The molecule has 1 saturated carbocycles. The van der Waals surface area contributed by atoms with E-state index in [1.54, 1.807) is 18.2 Å². The van der Waals surface area contributed by atoms with E-state index < -0.39 is 17.3 Å². The van der Waals surface area contributed by atoms with Crippen LogP contribution >= 0.6 is 23.2 Å². The maximum Gasteiger partial charge on any atom is 0.189 e. The highest BCUT2D eigenvalue weighted by atomic mass is 35.5. The van der Waals surface area contributed by atoms with Gasteiger partial charge in [0.25, 0.3) is 0 Å². The van der Waals surface area contributed by atoms with Crippen molar-refractivity contribution in [2.75, 3.05) is 19.6 Å². The summed E-state index contributed by atoms with van der Waals surface area (Å²) in [6, 6.07) is 11.5. The average molecular weight is 413 g/mol. The normalized spacial score (nSPS) is 28.3. The van der Waals surface area contributed by atoms with Crippen molar-refractivity contribution in [1.29, 1.82) is 21.2 Å². The minimum Gasteiger partial charge on any atom is -0.331 e. The van der Waals surface area contributed by atoms with Gasteiger partial charge in [-0.2, -0.15) is 15.8 Å². The topological polar surface area (TPSA) is 99.7 Å². The molecule has 4 atom stereocenters. The molecule has 142 valence electrons. The number of benzene rings is 1. The predicted molar refractivity (Wildman–Crippen MR) is 107 cm³/mol. The van der Waals surface area contributed by atoms with Gasteiger partial charge in [0.15, 0.2) is 5.41 Å². The molecule has 0 aromatic heterocycles. The quantitative estimate of drug-likeness (QED) is 0.745. The molecule has 0 bridgehead atoms. The third-order valence-corrected chi connectivity index (χ3v) is 6.61. The molecule has 0 saturated heterocycles. The van der Waals surface area contributed by atoms with Crippen LogP contribution in [0.3, 0.4) is 0 Å². The second-order valence-corrected chi connectivity index (χ2v) is 8.19. The smallest absolute Gasteiger partial charge is 0.189 e. The fourth-order valence-electron chi connectivity index (χ4n) is 4.60. The van der Waals surface area contributed by atoms with Crippen molar-refractivity contribution in [3.8, 4) is 18.2 Å². The van der Waals surface area contributed by atoms with E-state index in [1.807, 2.05) is 6.08 Å². The second kappa shape index (κ2) is 7.94. The molecular weight excluding hydrogens is 393 g/mol. The molecular formula is C21H20Cl2N5+. The largest absolute Gasteiger partial charge is 0.331 e. The molecule has 1 aromatic rings. The molecule has 1 aliphatic heterocycles. The summed E-state index contributed by atoms with van der Waals surface area (Å²) in [6.07, 6.45) is 3.05. The van der Waals surface area contributed by atoms with E-state index in [-0.39, 0.29) is 11.6 Å². The third-order valence-electron chi connectivity index (χ3n) is 5.87. The van der Waals surface area contributed by atoms with E-state index in [0.29, 0.717) is 22.2 Å². The van der Waals surface area contributed by atoms with Crippen molar-refractivity contribution >= 4 is 28.9 Å². The van der Waals surface area contributed by atoms with Gasteiger partial charge >= 0.3 is 0 Å². The van der Waals surface area contributed by atoms with Crippen molar-refractivity contribution in [3.05, 3.63) is 45.5 Å². The Bertz CT molecular complexity index is 948. The molecule has 7 heteroatoms. The van der Waals surface area contributed by atoms with Crippen LogP contribution in [0.25, 0.3) is 0 Å². The predicted octanol–water partition coefficient (Wildman–Crippen LogP) is 3.13. The maximum atomic E-state index is 10.0. The SMILES string of the molecule is CCC[NH+]1CC=C2C(C#N)C(=N)C(C#N)(C#N)[C@@H](c3ccc(Cl)c(Cl)c3)[C@@H]2C1. The highest BCUT2D eigenvalue weighted by Gasteiger charge is 2.58. The van der Waals surface area contributed by atoms with Gasteiger partial charge in [-0.1, -0.05) is 36.2 Å². The van der Waals surface area contributed by atoms with Crippen LogP contribution in [-0.2, 0) is 0 Å². The van der Waals surface area contributed by atoms with Crippen LogP contribution < -0.4 is 4.90 Å². The number of rotatable bonds is 3. The first kappa shape index (κ1) is 20.4. The molecule has 1 fully saturated rings. The zero-order valence-corrected chi connectivity index (χ0v) is 17.0. The fourth-order valence-corrected chi connectivity index (χ4v) is 4.91. The molecule has 0 radical (unpaired) electrons. The zero-order valence-electron chi connectivity index (χ0n) is 15.5. The Morgan fingerprint density at radius 2 is 1.93 bits per heavy atom. The van der Waals surface area contributed by atoms with Crippen LogP contribution in [0.5, 0.6) is 0 Å². The first-order valence-corrected chi connectivity index (χ1v) is 9.98. The fraction of sp³-hybridized carbons (Fsp3) is 0.429. The first-order valence-electron chi connectivity index (χ1n) is 9.23. The van der Waals surface area contributed by atoms with E-state index >= 15 is 0 Å². The highest BCUT2D eigenvalue weighted by Crippen LogP contribution is 2.52. The van der Waals surface area contributed by atoms with Gasteiger partial charge in [-0.25, -0.2) is 0 Å². The lowest BCUT2D eigenvalue weighted by atomic mass is 9.54. The van der Waals surface area contributed by atoms with Crippen LogP contribution in [0, 0.1) is 56.7 Å². The van der Waals surface area contributed by atoms with Crippen LogP contribution in [0.15, 0.2) is 29.8 Å². The molecule has 2 aliphatic rings. The van der Waals surface area contributed by atoms with Crippen LogP contribution in [-0.4, -0.2) is 25.3 Å². The van der Waals surface area contributed by atoms with Crippen molar-refractivity contribution in [2.45, 2.75) is 19.3 Å². The minimum atomic E-state index is -1.71. The Balaban J connectivity index is 2.23. The van der Waals surface area contributed by atoms with Gasteiger partial charge in [-0.3, -0.25) is 0 Å². The van der Waals surface area contributed by atoms with Crippen LogP contribution in [0.1, 0.15) is 24.8 Å². The van der Waals surface area contributed by atoms with Crippen molar-refractivity contribution in [2.24, 2.45) is 17.3 Å². The number of hydrogen-bond donors (Lipinski definition) is 2. The summed E-state index contributed by atoms with van der Waals surface area (Å²) in [7, 11) is 0. The molecule has 2 N–H and O–H groups in total. The van der Waals surface area contributed by atoms with Gasteiger partial charge in [-0.05, 0) is 35.8 Å². The monoisotopic (exact) mass is 412 g/mol. The van der Waals surface area contributed by atoms with Crippen molar-refractivity contribution in [1.82, 2.24) is 0 Å². The summed E-state index contributed by atoms with van der Waals surface area (Å²) in [4.78, 5) is 1.34. The summed E-state index contributed by atoms with van der Waals surface area (Å²) >= 11 is 12.3. The second-order valence-electron chi connectivity index (χ2n) is 7.38. The van der Waals surface area contributed by atoms with Crippen LogP contribution in [0.4, 0.5) is 0 Å². The minimum absolute atomic E-state index is 0.141. The van der Waals surface area contributed by atoms with Gasteiger partial charge in [0.1, 0.15) is 5.92 Å².